The predicted octanol–water partition coefficient (Wildman–Crippen LogP) is 1.60. The normalized spacial score (nSPS) is 16.1. The summed E-state index contributed by atoms with van der Waals surface area (Å²) in [6.07, 6.45) is 1.73. The monoisotopic (exact) mass is 230 g/mol. The van der Waals surface area contributed by atoms with Crippen molar-refractivity contribution in [1.29, 1.82) is 0 Å². The van der Waals surface area contributed by atoms with Crippen LogP contribution in [0.25, 0.3) is 0 Å². The second-order valence-corrected chi connectivity index (χ2v) is 4.27. The largest absolute Gasteiger partial charge is 0.269 e. The van der Waals surface area contributed by atoms with E-state index in [1.807, 2.05) is 19.1 Å². The third-order valence-electron chi connectivity index (χ3n) is 2.99. The van der Waals surface area contributed by atoms with E-state index in [9.17, 15) is 9.59 Å². The van der Waals surface area contributed by atoms with Crippen LogP contribution in [0.4, 0.5) is 0 Å². The third kappa shape index (κ3) is 1.98. The van der Waals surface area contributed by atoms with Crippen LogP contribution in [0, 0.1) is 6.92 Å². The third-order valence-corrected chi connectivity index (χ3v) is 2.99. The summed E-state index contributed by atoms with van der Waals surface area (Å²) in [6, 6.07) is 3.75. The minimum Gasteiger partial charge on any atom is -0.269 e. The molecule has 4 heteroatoms. The zero-order chi connectivity index (χ0) is 12.6. The summed E-state index contributed by atoms with van der Waals surface area (Å²) in [7, 11) is 0. The number of rotatable bonds is 2. The highest BCUT2D eigenvalue weighted by molar-refractivity contribution is 6.18. The van der Waals surface area contributed by atoms with E-state index in [1.54, 1.807) is 20.0 Å². The van der Waals surface area contributed by atoms with Crippen LogP contribution in [0.5, 0.6) is 0 Å². The Hall–Kier alpha value is -1.97. The van der Waals surface area contributed by atoms with E-state index in [4.69, 9.17) is 0 Å². The van der Waals surface area contributed by atoms with Crippen molar-refractivity contribution in [3.8, 4) is 0 Å². The fourth-order valence-corrected chi connectivity index (χ4v) is 1.72. The molecule has 0 saturated carbocycles. The van der Waals surface area contributed by atoms with Gasteiger partial charge in [-0.1, -0.05) is 6.07 Å². The van der Waals surface area contributed by atoms with Crippen LogP contribution in [0.1, 0.15) is 25.1 Å². The standard InChI is InChI=1S/C13H14N2O2/c1-8-4-5-11(14-6-8)7-15-12(16)9(2)10(3)13(15)17/h4-6H,7H2,1-3H3. The summed E-state index contributed by atoms with van der Waals surface area (Å²) in [5.41, 5.74) is 2.84. The van der Waals surface area contributed by atoms with Crippen molar-refractivity contribution in [3.05, 3.63) is 40.7 Å². The van der Waals surface area contributed by atoms with Crippen LogP contribution in [0.2, 0.25) is 0 Å². The molecule has 0 saturated heterocycles. The smallest absolute Gasteiger partial charge is 0.257 e. The molecule has 0 aromatic carbocycles. The number of hydrogen-bond acceptors (Lipinski definition) is 3. The first-order valence-electron chi connectivity index (χ1n) is 5.46. The molecular weight excluding hydrogens is 216 g/mol. The van der Waals surface area contributed by atoms with Gasteiger partial charge in [-0.2, -0.15) is 0 Å². The van der Waals surface area contributed by atoms with Gasteiger partial charge < -0.3 is 0 Å². The highest BCUT2D eigenvalue weighted by Crippen LogP contribution is 2.21. The van der Waals surface area contributed by atoms with E-state index in [2.05, 4.69) is 4.98 Å². The second kappa shape index (κ2) is 4.13. The molecule has 0 bridgehead atoms. The summed E-state index contributed by atoms with van der Waals surface area (Å²) in [5.74, 6) is -0.426. The number of imide groups is 1. The van der Waals surface area contributed by atoms with Crippen LogP contribution in [0.15, 0.2) is 29.5 Å². The van der Waals surface area contributed by atoms with Gasteiger partial charge in [0.1, 0.15) is 0 Å². The minimum atomic E-state index is -0.213. The molecule has 2 rings (SSSR count). The molecule has 0 N–H and O–H groups in total. The second-order valence-electron chi connectivity index (χ2n) is 4.27. The Balaban J connectivity index is 2.19. The number of pyridine rings is 1. The van der Waals surface area contributed by atoms with Crippen molar-refractivity contribution >= 4 is 11.8 Å². The highest BCUT2D eigenvalue weighted by Gasteiger charge is 2.33. The molecule has 0 atom stereocenters. The maximum absolute atomic E-state index is 11.8. The molecule has 17 heavy (non-hydrogen) atoms. The zero-order valence-corrected chi connectivity index (χ0v) is 10.2. The van der Waals surface area contributed by atoms with Crippen molar-refractivity contribution < 1.29 is 9.59 Å². The van der Waals surface area contributed by atoms with E-state index >= 15 is 0 Å². The summed E-state index contributed by atoms with van der Waals surface area (Å²) < 4.78 is 0. The number of carbonyl (C=O) groups is 2. The Bertz CT molecular complexity index is 491. The van der Waals surface area contributed by atoms with Crippen LogP contribution in [-0.2, 0) is 16.1 Å². The van der Waals surface area contributed by atoms with Crippen molar-refractivity contribution in [1.82, 2.24) is 9.88 Å². The molecule has 4 nitrogen and oxygen atoms in total. The molecular formula is C13H14N2O2. The summed E-state index contributed by atoms with van der Waals surface area (Å²) in [6.45, 7) is 5.54. The lowest BCUT2D eigenvalue weighted by atomic mass is 10.2. The summed E-state index contributed by atoms with van der Waals surface area (Å²) >= 11 is 0. The maximum atomic E-state index is 11.8. The molecule has 0 radical (unpaired) electrons. The molecule has 0 fully saturated rings. The van der Waals surface area contributed by atoms with Gasteiger partial charge in [-0.3, -0.25) is 19.5 Å². The highest BCUT2D eigenvalue weighted by atomic mass is 16.2. The average molecular weight is 230 g/mol. The fraction of sp³-hybridized carbons (Fsp3) is 0.308. The zero-order valence-electron chi connectivity index (χ0n) is 10.2. The van der Waals surface area contributed by atoms with E-state index in [-0.39, 0.29) is 18.4 Å². The maximum Gasteiger partial charge on any atom is 0.257 e. The molecule has 88 valence electrons. The molecule has 2 amide bonds. The average Bonchev–Trinajstić information content (AvgIpc) is 2.50. The fourth-order valence-electron chi connectivity index (χ4n) is 1.72. The minimum absolute atomic E-state index is 0.213. The van der Waals surface area contributed by atoms with E-state index in [0.29, 0.717) is 11.1 Å². The summed E-state index contributed by atoms with van der Waals surface area (Å²) in [4.78, 5) is 29.1. The Morgan fingerprint density at radius 1 is 1.06 bits per heavy atom. The summed E-state index contributed by atoms with van der Waals surface area (Å²) in [5, 5.41) is 0. The number of aromatic nitrogens is 1. The molecule has 1 aliphatic heterocycles. The molecule has 1 aliphatic rings. The van der Waals surface area contributed by atoms with Crippen molar-refractivity contribution in [2.75, 3.05) is 0 Å². The lowest BCUT2D eigenvalue weighted by Gasteiger charge is -2.14. The Labute approximate surface area is 100.0 Å². The van der Waals surface area contributed by atoms with Gasteiger partial charge in [0.25, 0.3) is 11.8 Å². The quantitative estimate of drug-likeness (QED) is 0.725. The molecule has 0 spiro atoms. The van der Waals surface area contributed by atoms with Gasteiger partial charge in [-0.05, 0) is 32.4 Å². The topological polar surface area (TPSA) is 50.3 Å². The van der Waals surface area contributed by atoms with E-state index in [1.165, 1.54) is 4.90 Å². The van der Waals surface area contributed by atoms with Crippen LogP contribution in [-0.4, -0.2) is 21.7 Å². The number of amides is 2. The number of hydrogen-bond donors (Lipinski definition) is 0. The predicted molar refractivity (Wildman–Crippen MR) is 62.9 cm³/mol. The first kappa shape index (κ1) is 11.5. The first-order chi connectivity index (χ1) is 8.00. The van der Waals surface area contributed by atoms with Gasteiger partial charge >= 0.3 is 0 Å². The SMILES string of the molecule is CC1=C(C)C(=O)N(Cc2ccc(C)cn2)C1=O. The first-order valence-corrected chi connectivity index (χ1v) is 5.46. The Morgan fingerprint density at radius 2 is 1.65 bits per heavy atom. The Kier molecular flexibility index (Phi) is 2.79. The molecule has 1 aromatic rings. The lowest BCUT2D eigenvalue weighted by Crippen LogP contribution is -2.31. The van der Waals surface area contributed by atoms with Crippen molar-refractivity contribution in [2.24, 2.45) is 0 Å². The molecule has 0 aliphatic carbocycles. The molecule has 1 aromatic heterocycles. The van der Waals surface area contributed by atoms with Crippen molar-refractivity contribution in [3.63, 3.8) is 0 Å². The van der Waals surface area contributed by atoms with Gasteiger partial charge in [-0.25, -0.2) is 0 Å². The van der Waals surface area contributed by atoms with E-state index < -0.39 is 0 Å². The lowest BCUT2D eigenvalue weighted by molar-refractivity contribution is -0.138. The van der Waals surface area contributed by atoms with Crippen molar-refractivity contribution in [2.45, 2.75) is 27.3 Å². The van der Waals surface area contributed by atoms with Gasteiger partial charge in [0.2, 0.25) is 0 Å². The van der Waals surface area contributed by atoms with Gasteiger partial charge in [0, 0.05) is 17.3 Å². The van der Waals surface area contributed by atoms with Crippen LogP contribution in [0.3, 0.4) is 0 Å². The van der Waals surface area contributed by atoms with Crippen LogP contribution < -0.4 is 0 Å². The van der Waals surface area contributed by atoms with Gasteiger partial charge in [-0.15, -0.1) is 0 Å². The van der Waals surface area contributed by atoms with Gasteiger partial charge in [0.05, 0.1) is 12.2 Å². The number of nitrogens with zero attached hydrogens (tertiary/aromatic N) is 2. The van der Waals surface area contributed by atoms with Crippen LogP contribution >= 0.6 is 0 Å². The number of aryl methyl sites for hydroxylation is 1. The van der Waals surface area contributed by atoms with E-state index in [0.717, 1.165) is 11.3 Å². The Morgan fingerprint density at radius 3 is 2.12 bits per heavy atom. The molecule has 0 unspecified atom stereocenters. The van der Waals surface area contributed by atoms with Gasteiger partial charge in [0.15, 0.2) is 0 Å². The number of carbonyl (C=O) groups excluding carboxylic acids is 2. The molecule has 2 heterocycles.